The van der Waals surface area contributed by atoms with Gasteiger partial charge >= 0.3 is 6.09 Å². The molecule has 0 N–H and O–H groups in total. The number of amides is 1. The summed E-state index contributed by atoms with van der Waals surface area (Å²) < 4.78 is 5.41. The van der Waals surface area contributed by atoms with Crippen molar-refractivity contribution in [2.24, 2.45) is 4.99 Å². The summed E-state index contributed by atoms with van der Waals surface area (Å²) in [7, 11) is 0. The van der Waals surface area contributed by atoms with E-state index >= 15 is 0 Å². The number of carbonyl (C=O) groups excluding carboxylic acids is 1. The third-order valence-corrected chi connectivity index (χ3v) is 2.96. The van der Waals surface area contributed by atoms with Gasteiger partial charge in [-0.1, -0.05) is 6.08 Å². The van der Waals surface area contributed by atoms with Crippen molar-refractivity contribution in [2.75, 3.05) is 26.2 Å². The number of ether oxygens (including phenoxy) is 1. The van der Waals surface area contributed by atoms with Crippen LogP contribution in [0.3, 0.4) is 0 Å². The number of amidine groups is 1. The molecule has 0 atom stereocenters. The fourth-order valence-corrected chi connectivity index (χ4v) is 2.09. The molecule has 0 unspecified atom stereocenters. The van der Waals surface area contributed by atoms with E-state index in [1.165, 1.54) is 0 Å². The Morgan fingerprint density at radius 2 is 1.67 bits per heavy atom. The van der Waals surface area contributed by atoms with Crippen LogP contribution >= 0.6 is 0 Å². The van der Waals surface area contributed by atoms with Gasteiger partial charge in [-0.3, -0.25) is 4.99 Å². The maximum Gasteiger partial charge on any atom is 0.410 e. The lowest BCUT2D eigenvalue weighted by Gasteiger charge is -2.36. The quantitative estimate of drug-likeness (QED) is 0.581. The summed E-state index contributed by atoms with van der Waals surface area (Å²) >= 11 is 0. The fourth-order valence-electron chi connectivity index (χ4n) is 2.09. The topological polar surface area (TPSA) is 45.1 Å². The van der Waals surface area contributed by atoms with Crippen LogP contribution in [0.1, 0.15) is 41.5 Å². The molecule has 5 heteroatoms. The number of hydrogen-bond donors (Lipinski definition) is 0. The second-order valence-electron chi connectivity index (χ2n) is 6.54. The Hall–Kier alpha value is -1.52. The Labute approximate surface area is 128 Å². The van der Waals surface area contributed by atoms with E-state index in [1.807, 2.05) is 39.8 Å². The predicted molar refractivity (Wildman–Crippen MR) is 86.8 cm³/mol. The Kier molecular flexibility index (Phi) is 6.24. The van der Waals surface area contributed by atoms with Gasteiger partial charge in [0.15, 0.2) is 0 Å². The molecule has 1 saturated heterocycles. The highest BCUT2D eigenvalue weighted by atomic mass is 16.6. The van der Waals surface area contributed by atoms with E-state index in [0.717, 1.165) is 18.9 Å². The van der Waals surface area contributed by atoms with E-state index in [2.05, 4.69) is 23.7 Å². The van der Waals surface area contributed by atoms with Crippen LogP contribution in [0.2, 0.25) is 0 Å². The molecule has 1 heterocycles. The van der Waals surface area contributed by atoms with Crippen molar-refractivity contribution >= 4 is 11.9 Å². The van der Waals surface area contributed by atoms with Crippen molar-refractivity contribution in [3.8, 4) is 0 Å². The lowest BCUT2D eigenvalue weighted by Crippen LogP contribution is -2.51. The Morgan fingerprint density at radius 3 is 2.10 bits per heavy atom. The van der Waals surface area contributed by atoms with Gasteiger partial charge < -0.3 is 14.5 Å². The molecule has 0 aliphatic carbocycles. The Bertz CT molecular complexity index is 400. The standard InChI is InChI=1S/C16H29N3O2/c1-7-8-14(17-13(2)3)18-9-11-19(12-10-18)15(20)21-16(4,5)6/h7-8,13H,9-12H2,1-6H3/b8-7-,17-14?. The van der Waals surface area contributed by atoms with Crippen LogP contribution in [0.4, 0.5) is 4.79 Å². The van der Waals surface area contributed by atoms with Crippen molar-refractivity contribution in [3.05, 3.63) is 12.2 Å². The van der Waals surface area contributed by atoms with Gasteiger partial charge in [-0.25, -0.2) is 4.79 Å². The molecule has 0 aromatic rings. The maximum atomic E-state index is 12.0. The first-order valence-corrected chi connectivity index (χ1v) is 7.66. The number of hydrogen-bond acceptors (Lipinski definition) is 3. The van der Waals surface area contributed by atoms with Gasteiger partial charge in [0.1, 0.15) is 11.4 Å². The molecule has 5 nitrogen and oxygen atoms in total. The first-order valence-electron chi connectivity index (χ1n) is 7.66. The molecule has 0 saturated carbocycles. The van der Waals surface area contributed by atoms with E-state index in [9.17, 15) is 4.79 Å². The molecular weight excluding hydrogens is 266 g/mol. The second-order valence-corrected chi connectivity index (χ2v) is 6.54. The summed E-state index contributed by atoms with van der Waals surface area (Å²) in [6.07, 6.45) is 3.81. The van der Waals surface area contributed by atoms with E-state index in [-0.39, 0.29) is 12.1 Å². The predicted octanol–water partition coefficient (Wildman–Crippen LogP) is 2.92. The van der Waals surface area contributed by atoms with Crippen molar-refractivity contribution in [1.29, 1.82) is 0 Å². The largest absolute Gasteiger partial charge is 0.444 e. The van der Waals surface area contributed by atoms with Crippen LogP contribution < -0.4 is 0 Å². The summed E-state index contributed by atoms with van der Waals surface area (Å²) in [5.74, 6) is 0.997. The number of carbonyl (C=O) groups is 1. The second kappa shape index (κ2) is 7.48. The summed E-state index contributed by atoms with van der Waals surface area (Å²) in [6, 6.07) is 0.264. The number of aliphatic imine (C=N–C) groups is 1. The minimum Gasteiger partial charge on any atom is -0.444 e. The monoisotopic (exact) mass is 295 g/mol. The van der Waals surface area contributed by atoms with Gasteiger partial charge in [0.05, 0.1) is 0 Å². The Morgan fingerprint density at radius 1 is 1.14 bits per heavy atom. The van der Waals surface area contributed by atoms with Crippen LogP contribution in [0, 0.1) is 0 Å². The lowest BCUT2D eigenvalue weighted by molar-refractivity contribution is 0.0187. The third kappa shape index (κ3) is 6.19. The zero-order valence-electron chi connectivity index (χ0n) is 14.2. The summed E-state index contributed by atoms with van der Waals surface area (Å²) in [6.45, 7) is 14.7. The number of allylic oxidation sites excluding steroid dienone is 1. The van der Waals surface area contributed by atoms with E-state index in [4.69, 9.17) is 4.74 Å². The molecule has 0 aromatic carbocycles. The highest BCUT2D eigenvalue weighted by Gasteiger charge is 2.26. The minimum atomic E-state index is -0.441. The molecule has 1 amide bonds. The van der Waals surface area contributed by atoms with Crippen LogP contribution in [0.25, 0.3) is 0 Å². The normalized spacial score (nSPS) is 17.8. The van der Waals surface area contributed by atoms with E-state index in [1.54, 1.807) is 4.90 Å². The van der Waals surface area contributed by atoms with E-state index < -0.39 is 5.60 Å². The molecule has 1 fully saturated rings. The molecule has 21 heavy (non-hydrogen) atoms. The van der Waals surface area contributed by atoms with Gasteiger partial charge in [-0.2, -0.15) is 0 Å². The van der Waals surface area contributed by atoms with Gasteiger partial charge in [0, 0.05) is 32.2 Å². The lowest BCUT2D eigenvalue weighted by atomic mass is 10.2. The van der Waals surface area contributed by atoms with Gasteiger partial charge in [0.25, 0.3) is 0 Å². The smallest absolute Gasteiger partial charge is 0.410 e. The van der Waals surface area contributed by atoms with Crippen LogP contribution in [-0.2, 0) is 4.74 Å². The number of piperazine rings is 1. The van der Waals surface area contributed by atoms with Crippen molar-refractivity contribution in [2.45, 2.75) is 53.2 Å². The molecular formula is C16H29N3O2. The zero-order chi connectivity index (χ0) is 16.0. The summed E-state index contributed by atoms with van der Waals surface area (Å²) in [5, 5.41) is 0. The maximum absolute atomic E-state index is 12.0. The number of rotatable bonds is 2. The molecule has 1 rings (SSSR count). The highest BCUT2D eigenvalue weighted by Crippen LogP contribution is 2.12. The van der Waals surface area contributed by atoms with Gasteiger partial charge in [0.2, 0.25) is 0 Å². The molecule has 1 aliphatic rings. The van der Waals surface area contributed by atoms with Crippen LogP contribution in [-0.4, -0.2) is 59.6 Å². The van der Waals surface area contributed by atoms with Crippen molar-refractivity contribution < 1.29 is 9.53 Å². The molecule has 120 valence electrons. The van der Waals surface area contributed by atoms with Crippen molar-refractivity contribution in [3.63, 3.8) is 0 Å². The van der Waals surface area contributed by atoms with Crippen LogP contribution in [0.5, 0.6) is 0 Å². The molecule has 0 aromatic heterocycles. The minimum absolute atomic E-state index is 0.226. The first kappa shape index (κ1) is 17.5. The average Bonchev–Trinajstić information content (AvgIpc) is 2.36. The third-order valence-electron chi connectivity index (χ3n) is 2.96. The fraction of sp³-hybridized carbons (Fsp3) is 0.750. The van der Waals surface area contributed by atoms with E-state index in [0.29, 0.717) is 13.1 Å². The summed E-state index contributed by atoms with van der Waals surface area (Å²) in [4.78, 5) is 20.7. The first-order chi connectivity index (χ1) is 9.73. The highest BCUT2D eigenvalue weighted by molar-refractivity contribution is 5.93. The van der Waals surface area contributed by atoms with Crippen LogP contribution in [0.15, 0.2) is 17.1 Å². The van der Waals surface area contributed by atoms with Gasteiger partial charge in [-0.15, -0.1) is 0 Å². The Balaban J connectivity index is 2.60. The molecule has 1 aliphatic heterocycles. The molecule has 0 radical (unpaired) electrons. The SMILES string of the molecule is C/C=C\C(=NC(C)C)N1CCN(C(=O)OC(C)(C)C)CC1. The summed E-state index contributed by atoms with van der Waals surface area (Å²) in [5.41, 5.74) is -0.441. The molecule has 0 bridgehead atoms. The van der Waals surface area contributed by atoms with Crippen molar-refractivity contribution in [1.82, 2.24) is 9.80 Å². The zero-order valence-corrected chi connectivity index (χ0v) is 14.2. The van der Waals surface area contributed by atoms with Gasteiger partial charge in [-0.05, 0) is 47.6 Å². The molecule has 0 spiro atoms. The number of nitrogens with zero attached hydrogens (tertiary/aromatic N) is 3. The average molecular weight is 295 g/mol.